The van der Waals surface area contributed by atoms with E-state index in [1.807, 2.05) is 76.3 Å². The van der Waals surface area contributed by atoms with E-state index >= 15 is 0 Å². The quantitative estimate of drug-likeness (QED) is 0.393. The summed E-state index contributed by atoms with van der Waals surface area (Å²) >= 11 is 1.42. The van der Waals surface area contributed by atoms with Gasteiger partial charge in [0.1, 0.15) is 6.54 Å². The predicted molar refractivity (Wildman–Crippen MR) is 136 cm³/mol. The lowest BCUT2D eigenvalue weighted by molar-refractivity contribution is -0.123. The highest BCUT2D eigenvalue weighted by molar-refractivity contribution is 8.18. The summed E-state index contributed by atoms with van der Waals surface area (Å²) in [6.45, 7) is 1.14. The van der Waals surface area contributed by atoms with Crippen LogP contribution >= 0.6 is 11.8 Å². The number of ether oxygens (including phenoxy) is 1. The van der Waals surface area contributed by atoms with Gasteiger partial charge in [-0.3, -0.25) is 14.5 Å². The molecule has 0 radical (unpaired) electrons. The summed E-state index contributed by atoms with van der Waals surface area (Å²) in [4.78, 5) is 33.0. The Kier molecular flexibility index (Phi) is 6.51. The Labute approximate surface area is 202 Å². The van der Waals surface area contributed by atoms with Gasteiger partial charge in [0.2, 0.25) is 5.91 Å². The number of nitrogens with one attached hydrogen (secondary N) is 1. The zero-order chi connectivity index (χ0) is 23.5. The lowest BCUT2D eigenvalue weighted by atomic mass is 10.1. The number of nitrogens with zero attached hydrogens (tertiary/aromatic N) is 3. The molecule has 0 spiro atoms. The minimum Gasteiger partial charge on any atom is -0.383 e. The van der Waals surface area contributed by atoms with E-state index in [1.165, 1.54) is 11.8 Å². The SMILES string of the molecule is COCCNC(=O)Cn1cc(/C=C2/SC(=Nc3ccccc3)N(C3CC3)C2=O)c2ccccc21. The molecule has 2 fully saturated rings. The smallest absolute Gasteiger partial charge is 0.267 e. The maximum absolute atomic E-state index is 13.3. The number of amidine groups is 1. The fourth-order valence-corrected chi connectivity index (χ4v) is 5.05. The van der Waals surface area contributed by atoms with Gasteiger partial charge in [-0.05, 0) is 48.9 Å². The van der Waals surface area contributed by atoms with Gasteiger partial charge in [0.15, 0.2) is 5.17 Å². The molecule has 1 aromatic heterocycles. The Morgan fingerprint density at radius 3 is 2.71 bits per heavy atom. The van der Waals surface area contributed by atoms with E-state index in [0.717, 1.165) is 40.2 Å². The third kappa shape index (κ3) is 4.78. The van der Waals surface area contributed by atoms with Crippen molar-refractivity contribution >= 4 is 51.4 Å². The maximum atomic E-state index is 13.3. The van der Waals surface area contributed by atoms with Crippen molar-refractivity contribution in [1.29, 1.82) is 0 Å². The van der Waals surface area contributed by atoms with Crippen molar-refractivity contribution in [2.24, 2.45) is 4.99 Å². The Morgan fingerprint density at radius 1 is 1.18 bits per heavy atom. The van der Waals surface area contributed by atoms with E-state index in [2.05, 4.69) is 5.32 Å². The van der Waals surface area contributed by atoms with Crippen molar-refractivity contribution in [2.75, 3.05) is 20.3 Å². The fourth-order valence-electron chi connectivity index (χ4n) is 4.00. The lowest BCUT2D eigenvalue weighted by Crippen LogP contribution is -2.31. The molecule has 7 nitrogen and oxygen atoms in total. The summed E-state index contributed by atoms with van der Waals surface area (Å²) in [5.74, 6) is -0.0863. The number of aliphatic imine (C=N–C) groups is 1. The number of para-hydroxylation sites is 2. The van der Waals surface area contributed by atoms with Gasteiger partial charge in [0.25, 0.3) is 5.91 Å². The third-order valence-electron chi connectivity index (χ3n) is 5.78. The second-order valence-corrected chi connectivity index (χ2v) is 9.33. The fraction of sp³-hybridized carbons (Fsp3) is 0.269. The molecule has 1 aliphatic heterocycles. The first-order valence-corrected chi connectivity index (χ1v) is 12.2. The molecule has 0 atom stereocenters. The number of amides is 2. The van der Waals surface area contributed by atoms with E-state index < -0.39 is 0 Å². The first-order valence-electron chi connectivity index (χ1n) is 11.3. The van der Waals surface area contributed by atoms with Crippen LogP contribution in [0.3, 0.4) is 0 Å². The molecule has 2 heterocycles. The highest BCUT2D eigenvalue weighted by Gasteiger charge is 2.43. The van der Waals surface area contributed by atoms with Gasteiger partial charge in [-0.2, -0.15) is 0 Å². The van der Waals surface area contributed by atoms with Crippen LogP contribution in [0.4, 0.5) is 5.69 Å². The predicted octanol–water partition coefficient (Wildman–Crippen LogP) is 4.17. The molecule has 34 heavy (non-hydrogen) atoms. The van der Waals surface area contributed by atoms with Gasteiger partial charge in [0.05, 0.1) is 17.2 Å². The summed E-state index contributed by atoms with van der Waals surface area (Å²) in [7, 11) is 1.61. The molecule has 0 bridgehead atoms. The van der Waals surface area contributed by atoms with Crippen molar-refractivity contribution < 1.29 is 14.3 Å². The van der Waals surface area contributed by atoms with E-state index in [9.17, 15) is 9.59 Å². The number of methoxy groups -OCH3 is 1. The summed E-state index contributed by atoms with van der Waals surface area (Å²) in [6.07, 6.45) is 5.88. The molecule has 0 unspecified atom stereocenters. The van der Waals surface area contributed by atoms with Gasteiger partial charge in [-0.25, -0.2) is 4.99 Å². The van der Waals surface area contributed by atoms with Gasteiger partial charge < -0.3 is 14.6 Å². The summed E-state index contributed by atoms with van der Waals surface area (Å²) in [5.41, 5.74) is 2.69. The molecule has 1 aliphatic carbocycles. The van der Waals surface area contributed by atoms with Crippen LogP contribution in [-0.4, -0.2) is 52.8 Å². The minimum atomic E-state index is -0.0829. The molecular weight excluding hydrogens is 448 g/mol. The van der Waals surface area contributed by atoms with Crippen molar-refractivity contribution in [2.45, 2.75) is 25.4 Å². The number of hydrogen-bond acceptors (Lipinski definition) is 5. The average molecular weight is 475 g/mol. The van der Waals surface area contributed by atoms with Crippen LogP contribution in [0.5, 0.6) is 0 Å². The van der Waals surface area contributed by atoms with Crippen LogP contribution < -0.4 is 5.32 Å². The number of thioether (sulfide) groups is 1. The van der Waals surface area contributed by atoms with E-state index in [4.69, 9.17) is 9.73 Å². The Morgan fingerprint density at radius 2 is 1.94 bits per heavy atom. The van der Waals surface area contributed by atoms with Crippen LogP contribution in [0.1, 0.15) is 18.4 Å². The van der Waals surface area contributed by atoms with Gasteiger partial charge in [-0.1, -0.05) is 36.4 Å². The molecule has 1 N–H and O–H groups in total. The zero-order valence-corrected chi connectivity index (χ0v) is 19.8. The Balaban J connectivity index is 1.45. The number of carbonyl (C=O) groups excluding carboxylic acids is 2. The van der Waals surface area contributed by atoms with Crippen LogP contribution in [0.15, 0.2) is 70.7 Å². The molecule has 174 valence electrons. The van der Waals surface area contributed by atoms with E-state index in [-0.39, 0.29) is 24.4 Å². The largest absolute Gasteiger partial charge is 0.383 e. The first-order chi connectivity index (χ1) is 16.6. The maximum Gasteiger partial charge on any atom is 0.267 e. The van der Waals surface area contributed by atoms with Crippen LogP contribution in [0.25, 0.3) is 17.0 Å². The van der Waals surface area contributed by atoms with E-state index in [0.29, 0.717) is 18.1 Å². The molecule has 5 rings (SSSR count). The molecular formula is C26H26N4O3S. The highest BCUT2D eigenvalue weighted by atomic mass is 32.2. The molecule has 2 aromatic carbocycles. The number of rotatable bonds is 8. The molecule has 8 heteroatoms. The molecule has 2 amide bonds. The zero-order valence-electron chi connectivity index (χ0n) is 18.9. The number of hydrogen-bond donors (Lipinski definition) is 1. The second-order valence-electron chi connectivity index (χ2n) is 8.32. The Hall–Kier alpha value is -3.36. The topological polar surface area (TPSA) is 75.9 Å². The lowest BCUT2D eigenvalue weighted by Gasteiger charge is -2.13. The van der Waals surface area contributed by atoms with Crippen molar-refractivity contribution in [1.82, 2.24) is 14.8 Å². The number of fused-ring (bicyclic) bond motifs is 1. The first kappa shape index (κ1) is 22.4. The van der Waals surface area contributed by atoms with Crippen molar-refractivity contribution in [3.05, 3.63) is 71.3 Å². The number of benzene rings is 2. The van der Waals surface area contributed by atoms with Gasteiger partial charge in [-0.15, -0.1) is 0 Å². The summed E-state index contributed by atoms with van der Waals surface area (Å²) in [5, 5.41) is 4.59. The Bertz CT molecular complexity index is 1280. The van der Waals surface area contributed by atoms with Crippen LogP contribution in [0.2, 0.25) is 0 Å². The molecule has 1 saturated carbocycles. The molecule has 3 aromatic rings. The van der Waals surface area contributed by atoms with E-state index in [1.54, 1.807) is 7.11 Å². The minimum absolute atomic E-state index is 0.00341. The van der Waals surface area contributed by atoms with Crippen LogP contribution in [-0.2, 0) is 20.9 Å². The highest BCUT2D eigenvalue weighted by Crippen LogP contribution is 2.41. The van der Waals surface area contributed by atoms with Gasteiger partial charge in [0, 0.05) is 42.4 Å². The molecule has 2 aliphatic rings. The second kappa shape index (κ2) is 9.87. The number of aromatic nitrogens is 1. The molecule has 1 saturated heterocycles. The standard InChI is InChI=1S/C26H26N4O3S/c1-33-14-13-27-24(31)17-29-16-18(21-9-5-6-10-22(21)29)15-23-25(32)30(20-11-12-20)26(34-23)28-19-7-3-2-4-8-19/h2-10,15-16,20H,11-14,17H2,1H3,(H,27,31)/b23-15+,28-26?. The number of carbonyl (C=O) groups is 2. The summed E-state index contributed by atoms with van der Waals surface area (Å²) < 4.78 is 6.92. The van der Waals surface area contributed by atoms with Crippen LogP contribution in [0, 0.1) is 0 Å². The monoisotopic (exact) mass is 474 g/mol. The van der Waals surface area contributed by atoms with Crippen molar-refractivity contribution in [3.63, 3.8) is 0 Å². The third-order valence-corrected chi connectivity index (χ3v) is 6.76. The van der Waals surface area contributed by atoms with Gasteiger partial charge >= 0.3 is 0 Å². The normalized spacial score (nSPS) is 18.4. The van der Waals surface area contributed by atoms with Crippen molar-refractivity contribution in [3.8, 4) is 0 Å². The summed E-state index contributed by atoms with van der Waals surface area (Å²) in [6, 6.07) is 17.9. The average Bonchev–Trinajstić information content (AvgIpc) is 3.56.